The van der Waals surface area contributed by atoms with Gasteiger partial charge in [0.25, 0.3) is 0 Å². The van der Waals surface area contributed by atoms with Crippen molar-refractivity contribution in [3.8, 4) is 0 Å². The highest BCUT2D eigenvalue weighted by atomic mass is 16.5. The van der Waals surface area contributed by atoms with Gasteiger partial charge in [-0.2, -0.15) is 0 Å². The number of carboxylic acid groups (broad SMARTS) is 1. The molecule has 2 heterocycles. The number of rotatable bonds is 4. The lowest BCUT2D eigenvalue weighted by Gasteiger charge is -2.37. The van der Waals surface area contributed by atoms with E-state index in [4.69, 9.17) is 9.84 Å². The van der Waals surface area contributed by atoms with Gasteiger partial charge in [0.1, 0.15) is 0 Å². The second-order valence-electron chi connectivity index (χ2n) is 5.02. The molecule has 0 aromatic heterocycles. The fourth-order valence-electron chi connectivity index (χ4n) is 2.63. The molecule has 0 aliphatic carbocycles. The van der Waals surface area contributed by atoms with E-state index in [0.717, 1.165) is 6.42 Å². The van der Waals surface area contributed by atoms with E-state index in [1.807, 2.05) is 0 Å². The van der Waals surface area contributed by atoms with Gasteiger partial charge in [-0.05, 0) is 6.42 Å². The number of nitrogens with one attached hydrogen (secondary N) is 1. The molecule has 0 saturated carbocycles. The standard InChI is InChI=1S/C12H19N3O5/c1-20-7-9(11(17)18)13-12(19)14-4-5-15-8(6-14)2-3-10(15)16/h8-9H,2-7H2,1H3,(H,13,19)(H,17,18). The molecule has 2 rings (SSSR count). The highest BCUT2D eigenvalue weighted by Gasteiger charge is 2.37. The summed E-state index contributed by atoms with van der Waals surface area (Å²) in [5.74, 6) is -0.993. The number of ether oxygens (including phenoxy) is 1. The minimum atomic E-state index is -1.13. The number of carbonyl (C=O) groups is 3. The second kappa shape index (κ2) is 6.08. The topological polar surface area (TPSA) is 99.2 Å². The first-order valence-corrected chi connectivity index (χ1v) is 6.59. The van der Waals surface area contributed by atoms with Crippen LogP contribution in [0.1, 0.15) is 12.8 Å². The average Bonchev–Trinajstić information content (AvgIpc) is 2.79. The van der Waals surface area contributed by atoms with E-state index in [1.165, 1.54) is 7.11 Å². The van der Waals surface area contributed by atoms with Gasteiger partial charge in [-0.25, -0.2) is 9.59 Å². The number of fused-ring (bicyclic) bond motifs is 1. The first kappa shape index (κ1) is 14.6. The van der Waals surface area contributed by atoms with E-state index in [2.05, 4.69) is 5.32 Å². The molecular formula is C12H19N3O5. The van der Waals surface area contributed by atoms with E-state index in [1.54, 1.807) is 9.80 Å². The SMILES string of the molecule is COCC(NC(=O)N1CCN2C(=O)CCC2C1)C(=O)O. The van der Waals surface area contributed by atoms with Crippen LogP contribution in [-0.2, 0) is 14.3 Å². The van der Waals surface area contributed by atoms with Crippen molar-refractivity contribution in [2.75, 3.05) is 33.4 Å². The number of carbonyl (C=O) groups excluding carboxylic acids is 2. The zero-order chi connectivity index (χ0) is 14.7. The van der Waals surface area contributed by atoms with Crippen LogP contribution in [0.5, 0.6) is 0 Å². The molecule has 8 heteroatoms. The third-order valence-electron chi connectivity index (χ3n) is 3.71. The molecule has 2 unspecified atom stereocenters. The van der Waals surface area contributed by atoms with Crippen LogP contribution in [0, 0.1) is 0 Å². The van der Waals surface area contributed by atoms with Crippen LogP contribution >= 0.6 is 0 Å². The smallest absolute Gasteiger partial charge is 0.328 e. The maximum Gasteiger partial charge on any atom is 0.328 e. The molecule has 2 aliphatic heterocycles. The molecule has 2 atom stereocenters. The molecule has 8 nitrogen and oxygen atoms in total. The lowest BCUT2D eigenvalue weighted by molar-refractivity contribution is -0.140. The van der Waals surface area contributed by atoms with Gasteiger partial charge in [-0.15, -0.1) is 0 Å². The van der Waals surface area contributed by atoms with Gasteiger partial charge in [0.2, 0.25) is 5.91 Å². The molecule has 2 N–H and O–H groups in total. The average molecular weight is 285 g/mol. The predicted molar refractivity (Wildman–Crippen MR) is 68.1 cm³/mol. The summed E-state index contributed by atoms with van der Waals surface area (Å²) < 4.78 is 4.77. The molecule has 20 heavy (non-hydrogen) atoms. The molecule has 3 amide bonds. The molecular weight excluding hydrogens is 266 g/mol. The number of amides is 3. The van der Waals surface area contributed by atoms with E-state index >= 15 is 0 Å². The maximum atomic E-state index is 12.1. The third kappa shape index (κ3) is 3.01. The lowest BCUT2D eigenvalue weighted by Crippen LogP contribution is -2.57. The summed E-state index contributed by atoms with van der Waals surface area (Å²) in [6, 6.07) is -1.42. The van der Waals surface area contributed by atoms with Crippen LogP contribution in [0.25, 0.3) is 0 Å². The van der Waals surface area contributed by atoms with Gasteiger partial charge in [-0.3, -0.25) is 4.79 Å². The predicted octanol–water partition coefficient (Wildman–Crippen LogP) is -0.898. The van der Waals surface area contributed by atoms with Gasteiger partial charge >= 0.3 is 12.0 Å². The van der Waals surface area contributed by atoms with Crippen LogP contribution in [0.15, 0.2) is 0 Å². The molecule has 0 spiro atoms. The molecule has 0 bridgehead atoms. The molecule has 2 saturated heterocycles. The Morgan fingerprint density at radius 1 is 1.50 bits per heavy atom. The number of aliphatic carboxylic acids is 1. The number of hydrogen-bond donors (Lipinski definition) is 2. The normalized spacial score (nSPS) is 23.4. The largest absolute Gasteiger partial charge is 0.480 e. The lowest BCUT2D eigenvalue weighted by atomic mass is 10.1. The van der Waals surface area contributed by atoms with Crippen molar-refractivity contribution in [1.82, 2.24) is 15.1 Å². The summed E-state index contributed by atoms with van der Waals surface area (Å²) in [5.41, 5.74) is 0. The van der Waals surface area contributed by atoms with E-state index < -0.39 is 18.0 Å². The zero-order valence-corrected chi connectivity index (χ0v) is 11.4. The maximum absolute atomic E-state index is 12.1. The van der Waals surface area contributed by atoms with Crippen LogP contribution in [0.3, 0.4) is 0 Å². The monoisotopic (exact) mass is 285 g/mol. The summed E-state index contributed by atoms with van der Waals surface area (Å²) in [6.07, 6.45) is 1.28. The highest BCUT2D eigenvalue weighted by Crippen LogP contribution is 2.22. The summed E-state index contributed by atoms with van der Waals surface area (Å²) in [7, 11) is 1.38. The van der Waals surface area contributed by atoms with Crippen molar-refractivity contribution in [2.24, 2.45) is 0 Å². The van der Waals surface area contributed by atoms with Crippen molar-refractivity contribution in [3.63, 3.8) is 0 Å². The number of nitrogens with zero attached hydrogens (tertiary/aromatic N) is 2. The summed E-state index contributed by atoms with van der Waals surface area (Å²) in [5, 5.41) is 11.4. The van der Waals surface area contributed by atoms with Crippen LogP contribution in [0.2, 0.25) is 0 Å². The van der Waals surface area contributed by atoms with Crippen LogP contribution in [-0.4, -0.2) is 78.2 Å². The van der Waals surface area contributed by atoms with Crippen molar-refractivity contribution in [3.05, 3.63) is 0 Å². The Morgan fingerprint density at radius 3 is 2.90 bits per heavy atom. The highest BCUT2D eigenvalue weighted by molar-refractivity contribution is 5.83. The van der Waals surface area contributed by atoms with Gasteiger partial charge in [-0.1, -0.05) is 0 Å². The van der Waals surface area contributed by atoms with Gasteiger partial charge in [0.05, 0.1) is 6.61 Å². The van der Waals surface area contributed by atoms with Gasteiger partial charge < -0.3 is 25.0 Å². The van der Waals surface area contributed by atoms with E-state index in [0.29, 0.717) is 26.1 Å². The van der Waals surface area contributed by atoms with Gasteiger partial charge in [0, 0.05) is 39.2 Å². The Bertz CT molecular complexity index is 414. The Balaban J connectivity index is 1.90. The molecule has 0 aromatic carbocycles. The molecule has 0 aromatic rings. The van der Waals surface area contributed by atoms with Gasteiger partial charge in [0.15, 0.2) is 6.04 Å². The number of methoxy groups -OCH3 is 1. The van der Waals surface area contributed by atoms with Crippen molar-refractivity contribution in [1.29, 1.82) is 0 Å². The molecule has 2 aliphatic rings. The fraction of sp³-hybridized carbons (Fsp3) is 0.750. The van der Waals surface area contributed by atoms with Crippen LogP contribution < -0.4 is 5.32 Å². The number of carboxylic acids is 1. The molecule has 0 radical (unpaired) electrons. The Kier molecular flexibility index (Phi) is 4.43. The molecule has 2 fully saturated rings. The number of hydrogen-bond acceptors (Lipinski definition) is 4. The summed E-state index contributed by atoms with van der Waals surface area (Å²) in [4.78, 5) is 37.9. The van der Waals surface area contributed by atoms with Crippen molar-refractivity contribution in [2.45, 2.75) is 24.9 Å². The minimum absolute atomic E-state index is 0.0627. The quantitative estimate of drug-likeness (QED) is 0.697. The van der Waals surface area contributed by atoms with Crippen molar-refractivity contribution >= 4 is 17.9 Å². The Morgan fingerprint density at radius 2 is 2.25 bits per heavy atom. The third-order valence-corrected chi connectivity index (χ3v) is 3.71. The van der Waals surface area contributed by atoms with E-state index in [-0.39, 0.29) is 18.6 Å². The Labute approximate surface area is 116 Å². The number of urea groups is 1. The Hall–Kier alpha value is -1.83. The van der Waals surface area contributed by atoms with Crippen molar-refractivity contribution < 1.29 is 24.2 Å². The molecule has 112 valence electrons. The van der Waals surface area contributed by atoms with E-state index in [9.17, 15) is 14.4 Å². The zero-order valence-electron chi connectivity index (χ0n) is 11.4. The summed E-state index contributed by atoms with van der Waals surface area (Å²) in [6.45, 7) is 1.31. The minimum Gasteiger partial charge on any atom is -0.480 e. The first-order chi connectivity index (χ1) is 9.52. The second-order valence-corrected chi connectivity index (χ2v) is 5.02. The first-order valence-electron chi connectivity index (χ1n) is 6.59. The number of piperazine rings is 1. The van der Waals surface area contributed by atoms with Crippen LogP contribution in [0.4, 0.5) is 4.79 Å². The fourth-order valence-corrected chi connectivity index (χ4v) is 2.63. The summed E-state index contributed by atoms with van der Waals surface area (Å²) >= 11 is 0.